The van der Waals surface area contributed by atoms with Crippen LogP contribution in [0, 0.1) is 15.5 Å². The van der Waals surface area contributed by atoms with Gasteiger partial charge in [0.25, 0.3) is 11.6 Å². The van der Waals surface area contributed by atoms with E-state index < -0.39 is 10.8 Å². The van der Waals surface area contributed by atoms with Crippen molar-refractivity contribution in [2.24, 2.45) is 5.41 Å². The molecule has 0 aromatic carbocycles. The zero-order chi connectivity index (χ0) is 16.2. The van der Waals surface area contributed by atoms with Gasteiger partial charge in [-0.2, -0.15) is 0 Å². The van der Waals surface area contributed by atoms with Crippen molar-refractivity contribution in [1.82, 2.24) is 15.2 Å². The van der Waals surface area contributed by atoms with Crippen LogP contribution in [0.5, 0.6) is 0 Å². The number of nitrogens with zero attached hydrogens (tertiary/aromatic N) is 3. The number of carbonyl (C=O) groups is 1. The average molecular weight is 295 g/mol. The van der Waals surface area contributed by atoms with E-state index in [-0.39, 0.29) is 22.5 Å². The number of carbonyl (C=O) groups excluding carboxylic acids is 1. The molecule has 0 spiro atoms. The van der Waals surface area contributed by atoms with Crippen molar-refractivity contribution in [1.29, 1.82) is 0 Å². The molecule has 3 N–H and O–H groups in total. The topological polar surface area (TPSA) is 114 Å². The quantitative estimate of drug-likeness (QED) is 0.595. The normalized spacial score (nSPS) is 11.5. The number of rotatable bonds is 6. The molecule has 1 amide bonds. The number of amides is 1. The van der Waals surface area contributed by atoms with Crippen LogP contribution in [-0.2, 0) is 0 Å². The number of anilines is 1. The molecule has 0 bridgehead atoms. The molecule has 0 aliphatic carbocycles. The molecule has 21 heavy (non-hydrogen) atoms. The second-order valence-electron chi connectivity index (χ2n) is 5.97. The van der Waals surface area contributed by atoms with Crippen molar-refractivity contribution >= 4 is 17.4 Å². The van der Waals surface area contributed by atoms with Crippen LogP contribution in [0.25, 0.3) is 0 Å². The second kappa shape index (κ2) is 6.49. The van der Waals surface area contributed by atoms with Gasteiger partial charge < -0.3 is 16.0 Å². The highest BCUT2D eigenvalue weighted by atomic mass is 16.6. The molecule has 0 fully saturated rings. The first-order chi connectivity index (χ1) is 9.62. The molecule has 1 aromatic heterocycles. The predicted octanol–water partition coefficient (Wildman–Crippen LogP) is 0.890. The Morgan fingerprint density at radius 1 is 1.52 bits per heavy atom. The first-order valence-corrected chi connectivity index (χ1v) is 6.45. The van der Waals surface area contributed by atoms with E-state index in [0.717, 1.165) is 12.7 Å². The van der Waals surface area contributed by atoms with E-state index in [1.165, 1.54) is 6.07 Å². The van der Waals surface area contributed by atoms with E-state index in [9.17, 15) is 14.9 Å². The van der Waals surface area contributed by atoms with Gasteiger partial charge in [0, 0.05) is 13.1 Å². The fraction of sp³-hybridized carbons (Fsp3) is 0.538. The zero-order valence-corrected chi connectivity index (χ0v) is 12.7. The second-order valence-corrected chi connectivity index (χ2v) is 5.97. The molecular formula is C13H21N5O3. The summed E-state index contributed by atoms with van der Waals surface area (Å²) in [5.74, 6) is -0.457. The Labute approximate surface area is 123 Å². The van der Waals surface area contributed by atoms with Gasteiger partial charge in [0.1, 0.15) is 17.6 Å². The fourth-order valence-corrected chi connectivity index (χ4v) is 2.12. The van der Waals surface area contributed by atoms with E-state index in [1.807, 2.05) is 32.8 Å². The maximum Gasteiger partial charge on any atom is 0.300 e. The largest absolute Gasteiger partial charge is 0.384 e. The lowest BCUT2D eigenvalue weighted by molar-refractivity contribution is -0.385. The summed E-state index contributed by atoms with van der Waals surface area (Å²) >= 11 is 0. The lowest BCUT2D eigenvalue weighted by Crippen LogP contribution is -2.40. The number of nitrogen functional groups attached to an aromatic ring is 1. The minimum atomic E-state index is -0.647. The number of pyridine rings is 1. The molecule has 0 aliphatic heterocycles. The summed E-state index contributed by atoms with van der Waals surface area (Å²) in [5, 5.41) is 13.6. The summed E-state index contributed by atoms with van der Waals surface area (Å²) in [7, 11) is 3.88. The van der Waals surface area contributed by atoms with Crippen LogP contribution in [-0.4, -0.2) is 47.9 Å². The molecular weight excluding hydrogens is 274 g/mol. The van der Waals surface area contributed by atoms with Gasteiger partial charge in [0.05, 0.1) is 4.92 Å². The predicted molar refractivity (Wildman–Crippen MR) is 80.0 cm³/mol. The first-order valence-electron chi connectivity index (χ1n) is 6.45. The molecule has 0 unspecified atom stereocenters. The Kier molecular flexibility index (Phi) is 5.20. The van der Waals surface area contributed by atoms with Crippen LogP contribution < -0.4 is 11.1 Å². The van der Waals surface area contributed by atoms with Crippen molar-refractivity contribution in [3.63, 3.8) is 0 Å². The Balaban J connectivity index is 2.85. The SMILES string of the molecule is CN(C)CC(C)(C)CNC(=O)c1cc(N)ncc1[N+](=O)[O-]. The van der Waals surface area contributed by atoms with Gasteiger partial charge in [-0.05, 0) is 25.6 Å². The van der Waals surface area contributed by atoms with Gasteiger partial charge in [-0.15, -0.1) is 0 Å². The molecule has 116 valence electrons. The number of nitrogens with one attached hydrogen (secondary N) is 1. The van der Waals surface area contributed by atoms with Crippen LogP contribution in [0.2, 0.25) is 0 Å². The van der Waals surface area contributed by atoms with Gasteiger partial charge in [-0.3, -0.25) is 14.9 Å². The molecule has 8 nitrogen and oxygen atoms in total. The Morgan fingerprint density at radius 3 is 2.67 bits per heavy atom. The molecule has 1 heterocycles. The van der Waals surface area contributed by atoms with Gasteiger partial charge in [0.15, 0.2) is 0 Å². The Bertz CT molecular complexity index is 543. The maximum atomic E-state index is 12.1. The Hall–Kier alpha value is -2.22. The van der Waals surface area contributed by atoms with Crippen molar-refractivity contribution in [2.45, 2.75) is 13.8 Å². The molecule has 1 aromatic rings. The van der Waals surface area contributed by atoms with Gasteiger partial charge in [-0.1, -0.05) is 13.8 Å². The van der Waals surface area contributed by atoms with Crippen LogP contribution in [0.1, 0.15) is 24.2 Å². The fourth-order valence-electron chi connectivity index (χ4n) is 2.12. The number of aromatic nitrogens is 1. The third-order valence-corrected chi connectivity index (χ3v) is 2.82. The number of hydrogen-bond acceptors (Lipinski definition) is 6. The summed E-state index contributed by atoms with van der Waals surface area (Å²) in [6, 6.07) is 1.21. The summed E-state index contributed by atoms with van der Waals surface area (Å²) in [5.41, 5.74) is 4.90. The third kappa shape index (κ3) is 4.99. The van der Waals surface area contributed by atoms with E-state index in [4.69, 9.17) is 5.73 Å². The van der Waals surface area contributed by atoms with Gasteiger partial charge in [-0.25, -0.2) is 4.98 Å². The lowest BCUT2D eigenvalue weighted by atomic mass is 9.93. The number of hydrogen-bond donors (Lipinski definition) is 2. The third-order valence-electron chi connectivity index (χ3n) is 2.82. The highest BCUT2D eigenvalue weighted by Crippen LogP contribution is 2.20. The van der Waals surface area contributed by atoms with Gasteiger partial charge >= 0.3 is 0 Å². The van der Waals surface area contributed by atoms with Crippen LogP contribution >= 0.6 is 0 Å². The van der Waals surface area contributed by atoms with Crippen LogP contribution in [0.3, 0.4) is 0 Å². The highest BCUT2D eigenvalue weighted by molar-refractivity contribution is 5.98. The van der Waals surface area contributed by atoms with Crippen molar-refractivity contribution < 1.29 is 9.72 Å². The van der Waals surface area contributed by atoms with Crippen LogP contribution in [0.15, 0.2) is 12.3 Å². The zero-order valence-electron chi connectivity index (χ0n) is 12.7. The molecule has 0 aliphatic rings. The lowest BCUT2D eigenvalue weighted by Gasteiger charge is -2.28. The monoisotopic (exact) mass is 295 g/mol. The summed E-state index contributed by atoms with van der Waals surface area (Å²) in [4.78, 5) is 28.1. The highest BCUT2D eigenvalue weighted by Gasteiger charge is 2.24. The molecule has 0 saturated heterocycles. The van der Waals surface area contributed by atoms with E-state index in [0.29, 0.717) is 6.54 Å². The molecule has 0 radical (unpaired) electrons. The summed E-state index contributed by atoms with van der Waals surface area (Å²) < 4.78 is 0. The Morgan fingerprint density at radius 2 is 2.14 bits per heavy atom. The van der Waals surface area contributed by atoms with Crippen LogP contribution in [0.4, 0.5) is 11.5 Å². The number of nitrogens with two attached hydrogens (primary N) is 1. The maximum absolute atomic E-state index is 12.1. The molecule has 0 atom stereocenters. The standard InChI is InChI=1S/C13H21N5O3/c1-13(2,8-17(3)4)7-16-12(19)9-5-11(14)15-6-10(9)18(20)21/h5-6H,7-8H2,1-4H3,(H2,14,15)(H,16,19). The summed E-state index contributed by atoms with van der Waals surface area (Å²) in [6.45, 7) is 5.17. The smallest absolute Gasteiger partial charge is 0.300 e. The van der Waals surface area contributed by atoms with Crippen molar-refractivity contribution in [3.8, 4) is 0 Å². The first kappa shape index (κ1) is 16.8. The molecule has 0 saturated carbocycles. The minimum absolute atomic E-state index is 0.0679. The molecule has 1 rings (SSSR count). The van der Waals surface area contributed by atoms with E-state index >= 15 is 0 Å². The average Bonchev–Trinajstić information content (AvgIpc) is 2.34. The van der Waals surface area contributed by atoms with E-state index in [1.54, 1.807) is 0 Å². The molecule has 8 heteroatoms. The summed E-state index contributed by atoms with van der Waals surface area (Å²) in [6.07, 6.45) is 0.995. The number of nitro groups is 1. The minimum Gasteiger partial charge on any atom is -0.384 e. The van der Waals surface area contributed by atoms with Crippen molar-refractivity contribution in [2.75, 3.05) is 32.9 Å². The van der Waals surface area contributed by atoms with E-state index in [2.05, 4.69) is 10.3 Å². The van der Waals surface area contributed by atoms with Crippen molar-refractivity contribution in [3.05, 3.63) is 27.9 Å². The van der Waals surface area contributed by atoms with Gasteiger partial charge in [0.2, 0.25) is 0 Å².